The molecule has 0 saturated heterocycles. The molecule has 0 aliphatic heterocycles. The van der Waals surface area contributed by atoms with Crippen LogP contribution >= 0.6 is 0 Å². The van der Waals surface area contributed by atoms with Gasteiger partial charge in [-0.25, -0.2) is 0 Å². The molecule has 0 nitrogen and oxygen atoms in total. The molecule has 4 aromatic carbocycles. The first-order valence-corrected chi connectivity index (χ1v) is 7.23. The minimum atomic E-state index is 1.35. The summed E-state index contributed by atoms with van der Waals surface area (Å²) in [5.74, 6) is 0. The minimum absolute atomic E-state index is 1.35. The van der Waals surface area contributed by atoms with Crippen LogP contribution in [0.3, 0.4) is 0 Å². The predicted octanol–water partition coefficient (Wildman–Crippen LogP) is 5.82. The van der Waals surface area contributed by atoms with Crippen LogP contribution in [-0.2, 0) is 0 Å². The van der Waals surface area contributed by atoms with Crippen molar-refractivity contribution in [3.63, 3.8) is 0 Å². The maximum atomic E-state index is 2.33. The van der Waals surface area contributed by atoms with Crippen LogP contribution in [0.25, 0.3) is 32.3 Å². The van der Waals surface area contributed by atoms with Crippen molar-refractivity contribution in [2.75, 3.05) is 0 Å². The lowest BCUT2D eigenvalue weighted by Gasteiger charge is -2.19. The fourth-order valence-corrected chi connectivity index (χ4v) is 3.82. The van der Waals surface area contributed by atoms with Crippen LogP contribution in [-0.4, -0.2) is 0 Å². The van der Waals surface area contributed by atoms with Gasteiger partial charge in [-0.05, 0) is 82.3 Å². The number of benzene rings is 4. The highest BCUT2D eigenvalue weighted by molar-refractivity contribution is 6.25. The molecule has 98 valence electrons. The van der Waals surface area contributed by atoms with E-state index >= 15 is 0 Å². The predicted molar refractivity (Wildman–Crippen MR) is 89.1 cm³/mol. The Labute approximate surface area is 119 Å². The zero-order valence-corrected chi connectivity index (χ0v) is 12.5. The van der Waals surface area contributed by atoms with Crippen molar-refractivity contribution in [2.24, 2.45) is 0 Å². The van der Waals surface area contributed by atoms with Gasteiger partial charge in [0.15, 0.2) is 0 Å². The molecule has 4 aromatic rings. The fraction of sp³-hybridized carbons (Fsp3) is 0.200. The van der Waals surface area contributed by atoms with E-state index in [1.54, 1.807) is 0 Å². The maximum absolute atomic E-state index is 2.33. The average molecular weight is 258 g/mol. The summed E-state index contributed by atoms with van der Waals surface area (Å²) < 4.78 is 0. The minimum Gasteiger partial charge on any atom is -0.0610 e. The largest absolute Gasteiger partial charge is 0.0610 e. The standard InChI is InChI=1S/C20H18/c1-11-10-12(2)18-14(4)13(3)17-7-5-6-15-8-9-16(11)20(18)19(15)17/h5-10H,1-4H3. The second-order valence-corrected chi connectivity index (χ2v) is 6.03. The Bertz CT molecular complexity index is 974. The van der Waals surface area contributed by atoms with E-state index in [2.05, 4.69) is 64.1 Å². The highest BCUT2D eigenvalue weighted by Gasteiger charge is 2.15. The van der Waals surface area contributed by atoms with Gasteiger partial charge in [0.1, 0.15) is 0 Å². The zero-order valence-electron chi connectivity index (χ0n) is 12.5. The Morgan fingerprint density at radius 3 is 2.20 bits per heavy atom. The van der Waals surface area contributed by atoms with Crippen molar-refractivity contribution >= 4 is 32.3 Å². The Morgan fingerprint density at radius 1 is 0.600 bits per heavy atom. The summed E-state index contributed by atoms with van der Waals surface area (Å²) in [4.78, 5) is 0. The lowest BCUT2D eigenvalue weighted by molar-refractivity contribution is 1.38. The zero-order chi connectivity index (χ0) is 14.0. The van der Waals surface area contributed by atoms with Crippen LogP contribution in [0, 0.1) is 27.7 Å². The Hall–Kier alpha value is -2.08. The SMILES string of the molecule is Cc1c(C)c2c(C)cc(C)c3ccc4cccc1c4c32. The Morgan fingerprint density at radius 2 is 1.40 bits per heavy atom. The van der Waals surface area contributed by atoms with E-state index in [-0.39, 0.29) is 0 Å². The fourth-order valence-electron chi connectivity index (χ4n) is 3.82. The number of rotatable bonds is 0. The van der Waals surface area contributed by atoms with Crippen LogP contribution in [0.5, 0.6) is 0 Å². The average Bonchev–Trinajstić information content (AvgIpc) is 2.44. The molecule has 0 aliphatic rings. The van der Waals surface area contributed by atoms with Crippen LogP contribution in [0.1, 0.15) is 22.3 Å². The summed E-state index contributed by atoms with van der Waals surface area (Å²) in [6.45, 7) is 8.98. The van der Waals surface area contributed by atoms with Gasteiger partial charge in [-0.15, -0.1) is 0 Å². The maximum Gasteiger partial charge on any atom is -0.00186 e. The van der Waals surface area contributed by atoms with E-state index < -0.39 is 0 Å². The highest BCUT2D eigenvalue weighted by Crippen LogP contribution is 2.41. The van der Waals surface area contributed by atoms with Gasteiger partial charge < -0.3 is 0 Å². The number of hydrogen-bond acceptors (Lipinski definition) is 0. The third-order valence-electron chi connectivity index (χ3n) is 4.89. The summed E-state index contributed by atoms with van der Waals surface area (Å²) in [5.41, 5.74) is 5.63. The molecule has 0 aliphatic carbocycles. The lowest BCUT2D eigenvalue weighted by atomic mass is 9.85. The molecule has 0 heteroatoms. The molecule has 0 bridgehead atoms. The van der Waals surface area contributed by atoms with Crippen molar-refractivity contribution in [3.05, 3.63) is 58.7 Å². The van der Waals surface area contributed by atoms with Crippen molar-refractivity contribution in [1.82, 2.24) is 0 Å². The molecular weight excluding hydrogens is 240 g/mol. The van der Waals surface area contributed by atoms with E-state index in [9.17, 15) is 0 Å². The molecule has 0 heterocycles. The van der Waals surface area contributed by atoms with E-state index in [1.165, 1.54) is 54.6 Å². The molecule has 4 rings (SSSR count). The van der Waals surface area contributed by atoms with Gasteiger partial charge in [0, 0.05) is 0 Å². The van der Waals surface area contributed by atoms with Crippen molar-refractivity contribution in [2.45, 2.75) is 27.7 Å². The Kier molecular flexibility index (Phi) is 2.18. The van der Waals surface area contributed by atoms with E-state index in [4.69, 9.17) is 0 Å². The van der Waals surface area contributed by atoms with E-state index in [0.29, 0.717) is 0 Å². The smallest absolute Gasteiger partial charge is 0.00186 e. The molecule has 0 atom stereocenters. The van der Waals surface area contributed by atoms with E-state index in [1.807, 2.05) is 0 Å². The molecule has 0 N–H and O–H groups in total. The molecule has 20 heavy (non-hydrogen) atoms. The topological polar surface area (TPSA) is 0 Å². The first-order chi connectivity index (χ1) is 9.59. The third-order valence-corrected chi connectivity index (χ3v) is 4.89. The molecule has 0 aromatic heterocycles. The molecular formula is C20H18. The van der Waals surface area contributed by atoms with Crippen molar-refractivity contribution in [1.29, 1.82) is 0 Å². The molecule has 0 amide bonds. The second-order valence-electron chi connectivity index (χ2n) is 6.03. The normalized spacial score (nSPS) is 12.0. The van der Waals surface area contributed by atoms with Gasteiger partial charge in [0.25, 0.3) is 0 Å². The van der Waals surface area contributed by atoms with Gasteiger partial charge in [0.05, 0.1) is 0 Å². The van der Waals surface area contributed by atoms with Crippen molar-refractivity contribution < 1.29 is 0 Å². The number of hydrogen-bond donors (Lipinski definition) is 0. The first-order valence-electron chi connectivity index (χ1n) is 7.23. The van der Waals surface area contributed by atoms with Gasteiger partial charge in [0.2, 0.25) is 0 Å². The van der Waals surface area contributed by atoms with Crippen LogP contribution in [0.15, 0.2) is 36.4 Å². The summed E-state index contributed by atoms with van der Waals surface area (Å²) in [6.07, 6.45) is 0. The monoisotopic (exact) mass is 258 g/mol. The van der Waals surface area contributed by atoms with Gasteiger partial charge >= 0.3 is 0 Å². The summed E-state index contributed by atoms with van der Waals surface area (Å²) in [5, 5.41) is 8.51. The van der Waals surface area contributed by atoms with E-state index in [0.717, 1.165) is 0 Å². The quantitative estimate of drug-likeness (QED) is 0.349. The Balaban J connectivity index is 2.52. The second kappa shape index (κ2) is 3.73. The molecule has 0 saturated carbocycles. The highest BCUT2D eigenvalue weighted by atomic mass is 14.2. The molecule has 0 radical (unpaired) electrons. The van der Waals surface area contributed by atoms with Gasteiger partial charge in [-0.3, -0.25) is 0 Å². The summed E-state index contributed by atoms with van der Waals surface area (Å²) in [6, 6.07) is 13.5. The number of aryl methyl sites for hydroxylation is 4. The third kappa shape index (κ3) is 1.27. The van der Waals surface area contributed by atoms with Gasteiger partial charge in [-0.2, -0.15) is 0 Å². The van der Waals surface area contributed by atoms with Crippen LogP contribution in [0.2, 0.25) is 0 Å². The summed E-state index contributed by atoms with van der Waals surface area (Å²) in [7, 11) is 0. The molecule has 0 spiro atoms. The lowest BCUT2D eigenvalue weighted by Crippen LogP contribution is -1.94. The molecule has 0 unspecified atom stereocenters. The van der Waals surface area contributed by atoms with Crippen molar-refractivity contribution in [3.8, 4) is 0 Å². The van der Waals surface area contributed by atoms with Crippen LogP contribution < -0.4 is 0 Å². The molecule has 0 fully saturated rings. The summed E-state index contributed by atoms with van der Waals surface area (Å²) >= 11 is 0. The van der Waals surface area contributed by atoms with Crippen LogP contribution in [0.4, 0.5) is 0 Å². The van der Waals surface area contributed by atoms with Gasteiger partial charge in [-0.1, -0.05) is 36.4 Å². The first kappa shape index (κ1) is 11.7.